The van der Waals surface area contributed by atoms with Gasteiger partial charge in [0.25, 0.3) is 0 Å². The number of aromatic nitrogens is 1. The Balaban J connectivity index is 2.03. The number of hydrogen-bond donors (Lipinski definition) is 2. The second-order valence-electron chi connectivity index (χ2n) is 4.30. The Hall–Kier alpha value is -0.910. The third kappa shape index (κ3) is 3.78. The molecule has 0 unspecified atom stereocenters. The molecule has 0 aliphatic heterocycles. The van der Waals surface area contributed by atoms with Crippen LogP contribution in [0.3, 0.4) is 0 Å². The first kappa shape index (κ1) is 14.5. The molecule has 0 spiro atoms. The summed E-state index contributed by atoms with van der Waals surface area (Å²) in [5.41, 5.74) is 2.24. The molecule has 19 heavy (non-hydrogen) atoms. The maximum atomic E-state index is 9.66. The molecule has 1 aromatic carbocycles. The Bertz CT molecular complexity index is 538. The Morgan fingerprint density at radius 1 is 1.32 bits per heavy atom. The van der Waals surface area contributed by atoms with Crippen molar-refractivity contribution in [2.75, 3.05) is 0 Å². The minimum absolute atomic E-state index is 0.222. The topological polar surface area (TPSA) is 45.1 Å². The Labute approximate surface area is 129 Å². The lowest BCUT2D eigenvalue weighted by Gasteiger charge is -2.14. The second kappa shape index (κ2) is 6.50. The van der Waals surface area contributed by atoms with Gasteiger partial charge in [-0.25, -0.2) is 0 Å². The number of nitrogens with one attached hydrogen (secondary N) is 1. The van der Waals surface area contributed by atoms with Crippen molar-refractivity contribution >= 4 is 31.9 Å². The van der Waals surface area contributed by atoms with Crippen LogP contribution in [0.5, 0.6) is 5.75 Å². The van der Waals surface area contributed by atoms with Crippen molar-refractivity contribution in [3.63, 3.8) is 0 Å². The van der Waals surface area contributed by atoms with Gasteiger partial charge in [-0.2, -0.15) is 0 Å². The highest BCUT2D eigenvalue weighted by Crippen LogP contribution is 2.33. The number of nitrogens with zero attached hydrogens (tertiary/aromatic N) is 1. The van der Waals surface area contributed by atoms with E-state index in [1.807, 2.05) is 30.5 Å². The fraction of sp³-hybridized carbons (Fsp3) is 0.214. The van der Waals surface area contributed by atoms with E-state index in [0.29, 0.717) is 15.5 Å². The van der Waals surface area contributed by atoms with E-state index < -0.39 is 0 Å². The molecule has 5 heteroatoms. The molecule has 1 aromatic heterocycles. The summed E-state index contributed by atoms with van der Waals surface area (Å²) in [7, 11) is 0. The summed E-state index contributed by atoms with van der Waals surface area (Å²) in [4.78, 5) is 4.11. The zero-order chi connectivity index (χ0) is 13.8. The van der Waals surface area contributed by atoms with Gasteiger partial charge in [0, 0.05) is 25.0 Å². The van der Waals surface area contributed by atoms with Crippen molar-refractivity contribution in [3.8, 4) is 5.75 Å². The van der Waals surface area contributed by atoms with Gasteiger partial charge in [0.05, 0.1) is 8.95 Å². The third-order valence-corrected chi connectivity index (χ3v) is 4.08. The summed E-state index contributed by atoms with van der Waals surface area (Å²) in [5.74, 6) is 0.226. The van der Waals surface area contributed by atoms with Crippen molar-refractivity contribution < 1.29 is 5.11 Å². The summed E-state index contributed by atoms with van der Waals surface area (Å²) in [5, 5.41) is 13.1. The van der Waals surface area contributed by atoms with Gasteiger partial charge in [-0.05, 0) is 68.1 Å². The number of rotatable bonds is 4. The summed E-state index contributed by atoms with van der Waals surface area (Å²) < 4.78 is 1.38. The van der Waals surface area contributed by atoms with Gasteiger partial charge in [-0.15, -0.1) is 0 Å². The Morgan fingerprint density at radius 3 is 2.58 bits per heavy atom. The van der Waals surface area contributed by atoms with Crippen molar-refractivity contribution in [3.05, 3.63) is 56.7 Å². The van der Waals surface area contributed by atoms with Crippen molar-refractivity contribution in [1.82, 2.24) is 10.3 Å². The molecule has 1 heterocycles. The fourth-order valence-electron chi connectivity index (χ4n) is 1.74. The van der Waals surface area contributed by atoms with Crippen LogP contribution >= 0.6 is 31.9 Å². The quantitative estimate of drug-likeness (QED) is 0.830. The Kier molecular flexibility index (Phi) is 4.96. The zero-order valence-electron chi connectivity index (χ0n) is 10.4. The van der Waals surface area contributed by atoms with E-state index in [-0.39, 0.29) is 11.8 Å². The predicted octanol–water partition coefficient (Wildman–Crippen LogP) is 4.16. The number of pyridine rings is 1. The minimum Gasteiger partial charge on any atom is -0.506 e. The lowest BCUT2D eigenvalue weighted by molar-refractivity contribution is 0.467. The summed E-state index contributed by atoms with van der Waals surface area (Å²) in [6.07, 6.45) is 3.63. The number of aromatic hydroxyl groups is 1. The van der Waals surface area contributed by atoms with Crippen LogP contribution in [0.1, 0.15) is 24.1 Å². The molecule has 3 nitrogen and oxygen atoms in total. The lowest BCUT2D eigenvalue weighted by atomic mass is 10.1. The highest BCUT2D eigenvalue weighted by molar-refractivity contribution is 9.11. The minimum atomic E-state index is 0.222. The van der Waals surface area contributed by atoms with E-state index in [9.17, 15) is 5.11 Å². The molecule has 0 saturated carbocycles. The number of phenolic OH excluding ortho intramolecular Hbond substituents is 1. The first-order chi connectivity index (χ1) is 9.08. The van der Waals surface area contributed by atoms with E-state index >= 15 is 0 Å². The fourth-order valence-corrected chi connectivity index (χ4v) is 3.02. The van der Waals surface area contributed by atoms with Crippen molar-refractivity contribution in [1.29, 1.82) is 0 Å². The lowest BCUT2D eigenvalue weighted by Crippen LogP contribution is -2.18. The standard InChI is InChI=1S/C14H14Br2N2O/c1-9(11-3-2-4-17-8-11)18-7-10-5-12(15)14(19)13(16)6-10/h2-6,8-9,18-19H,7H2,1H3/t9-/m0/s1. The van der Waals surface area contributed by atoms with Crippen LogP contribution in [0, 0.1) is 0 Å². The van der Waals surface area contributed by atoms with E-state index in [2.05, 4.69) is 49.1 Å². The molecule has 2 rings (SSSR count). The molecule has 100 valence electrons. The predicted molar refractivity (Wildman–Crippen MR) is 83.0 cm³/mol. The number of halogens is 2. The van der Waals surface area contributed by atoms with E-state index in [1.165, 1.54) is 0 Å². The maximum Gasteiger partial charge on any atom is 0.143 e. The van der Waals surface area contributed by atoms with Gasteiger partial charge in [-0.1, -0.05) is 6.07 Å². The molecule has 0 saturated heterocycles. The highest BCUT2D eigenvalue weighted by Gasteiger charge is 2.08. The van der Waals surface area contributed by atoms with Crippen molar-refractivity contribution in [2.45, 2.75) is 19.5 Å². The van der Waals surface area contributed by atoms with Crippen LogP contribution in [-0.2, 0) is 6.54 Å². The summed E-state index contributed by atoms with van der Waals surface area (Å²) in [6, 6.07) is 8.01. The summed E-state index contributed by atoms with van der Waals surface area (Å²) in [6.45, 7) is 2.81. The average Bonchev–Trinajstić information content (AvgIpc) is 2.43. The molecule has 0 bridgehead atoms. The molecular weight excluding hydrogens is 372 g/mol. The maximum absolute atomic E-state index is 9.66. The van der Waals surface area contributed by atoms with Gasteiger partial charge in [0.2, 0.25) is 0 Å². The normalized spacial score (nSPS) is 12.4. The van der Waals surface area contributed by atoms with E-state index in [1.54, 1.807) is 6.20 Å². The molecule has 0 amide bonds. The smallest absolute Gasteiger partial charge is 0.143 e. The van der Waals surface area contributed by atoms with Gasteiger partial charge in [0.1, 0.15) is 5.75 Å². The van der Waals surface area contributed by atoms with Gasteiger partial charge in [0.15, 0.2) is 0 Å². The molecule has 2 aromatic rings. The van der Waals surface area contributed by atoms with Crippen LogP contribution < -0.4 is 5.32 Å². The molecule has 0 radical (unpaired) electrons. The Morgan fingerprint density at radius 2 is 2.00 bits per heavy atom. The van der Waals surface area contributed by atoms with Crippen LogP contribution in [0.2, 0.25) is 0 Å². The van der Waals surface area contributed by atoms with E-state index in [0.717, 1.165) is 11.1 Å². The van der Waals surface area contributed by atoms with Gasteiger partial charge < -0.3 is 10.4 Å². The van der Waals surface area contributed by atoms with Crippen LogP contribution in [0.4, 0.5) is 0 Å². The third-order valence-electron chi connectivity index (χ3n) is 2.87. The molecule has 0 aliphatic carbocycles. The summed E-state index contributed by atoms with van der Waals surface area (Å²) >= 11 is 6.66. The van der Waals surface area contributed by atoms with Gasteiger partial charge >= 0.3 is 0 Å². The SMILES string of the molecule is C[C@H](NCc1cc(Br)c(O)c(Br)c1)c1cccnc1. The van der Waals surface area contributed by atoms with E-state index in [4.69, 9.17) is 0 Å². The molecule has 2 N–H and O–H groups in total. The first-order valence-corrected chi connectivity index (χ1v) is 7.46. The average molecular weight is 386 g/mol. The van der Waals surface area contributed by atoms with Crippen LogP contribution in [0.25, 0.3) is 0 Å². The monoisotopic (exact) mass is 384 g/mol. The zero-order valence-corrected chi connectivity index (χ0v) is 13.6. The number of benzene rings is 1. The number of hydrogen-bond acceptors (Lipinski definition) is 3. The number of phenols is 1. The van der Waals surface area contributed by atoms with Crippen LogP contribution in [-0.4, -0.2) is 10.1 Å². The highest BCUT2D eigenvalue weighted by atomic mass is 79.9. The van der Waals surface area contributed by atoms with Crippen molar-refractivity contribution in [2.24, 2.45) is 0 Å². The second-order valence-corrected chi connectivity index (χ2v) is 6.01. The van der Waals surface area contributed by atoms with Gasteiger partial charge in [-0.3, -0.25) is 4.98 Å². The first-order valence-electron chi connectivity index (χ1n) is 5.88. The molecule has 0 fully saturated rings. The molecular formula is C14H14Br2N2O. The molecule has 0 aliphatic rings. The largest absolute Gasteiger partial charge is 0.506 e. The molecule has 1 atom stereocenters. The van der Waals surface area contributed by atoms with Crippen LogP contribution in [0.15, 0.2) is 45.6 Å².